The summed E-state index contributed by atoms with van der Waals surface area (Å²) in [4.78, 5) is 12.0. The van der Waals surface area contributed by atoms with Crippen molar-refractivity contribution in [3.63, 3.8) is 0 Å². The van der Waals surface area contributed by atoms with Gasteiger partial charge in [-0.15, -0.1) is 0 Å². The second-order valence-electron chi connectivity index (χ2n) is 4.49. The number of nitrogens with zero attached hydrogens (tertiary/aromatic N) is 3. The number of nitrogens with one attached hydrogen (secondary N) is 1. The summed E-state index contributed by atoms with van der Waals surface area (Å²) < 4.78 is 6.48. The number of aryl methyl sites for hydroxylation is 1. The third kappa shape index (κ3) is 2.62. The molecule has 7 nitrogen and oxygen atoms in total. The Hall–Kier alpha value is -3.09. The van der Waals surface area contributed by atoms with Gasteiger partial charge in [-0.2, -0.15) is 5.10 Å². The van der Waals surface area contributed by atoms with Crippen molar-refractivity contribution in [1.82, 2.24) is 14.9 Å². The van der Waals surface area contributed by atoms with Crippen LogP contribution in [0.2, 0.25) is 0 Å². The molecule has 0 saturated carbocycles. The molecule has 7 heteroatoms. The molecule has 3 N–H and O–H groups in total. The van der Waals surface area contributed by atoms with Crippen LogP contribution in [0.3, 0.4) is 0 Å². The lowest BCUT2D eigenvalue weighted by Crippen LogP contribution is -2.12. The number of nitrogen functional groups attached to an aromatic ring is 1. The fourth-order valence-electron chi connectivity index (χ4n) is 1.87. The van der Waals surface area contributed by atoms with Crippen molar-refractivity contribution >= 4 is 17.5 Å². The highest BCUT2D eigenvalue weighted by Crippen LogP contribution is 2.16. The maximum atomic E-state index is 12.0. The summed E-state index contributed by atoms with van der Waals surface area (Å²) in [5.41, 5.74) is 8.12. The minimum Gasteiger partial charge on any atom is -0.397 e. The van der Waals surface area contributed by atoms with Gasteiger partial charge in [0.05, 0.1) is 17.1 Å². The number of carbonyl (C=O) groups excluding carboxylic acids is 1. The summed E-state index contributed by atoms with van der Waals surface area (Å²) in [7, 11) is 0. The van der Waals surface area contributed by atoms with Gasteiger partial charge in [0.1, 0.15) is 0 Å². The van der Waals surface area contributed by atoms with Crippen LogP contribution in [0.15, 0.2) is 47.1 Å². The molecule has 0 aliphatic heterocycles. The Morgan fingerprint density at radius 1 is 1.33 bits per heavy atom. The molecule has 3 rings (SSSR count). The molecule has 0 saturated heterocycles. The Bertz CT molecular complexity index is 790. The fraction of sp³-hybridized carbons (Fsp3) is 0.0714. The molecule has 0 fully saturated rings. The van der Waals surface area contributed by atoms with Gasteiger partial charge in [-0.25, -0.2) is 4.68 Å². The van der Waals surface area contributed by atoms with E-state index in [-0.39, 0.29) is 17.5 Å². The Kier molecular flexibility index (Phi) is 3.15. The van der Waals surface area contributed by atoms with Gasteiger partial charge in [0.2, 0.25) is 5.88 Å². The van der Waals surface area contributed by atoms with Crippen LogP contribution in [0.1, 0.15) is 16.2 Å². The predicted octanol–water partition coefficient (Wildman–Crippen LogP) is 2.00. The van der Waals surface area contributed by atoms with Crippen LogP contribution in [-0.4, -0.2) is 20.8 Å². The number of benzene rings is 1. The quantitative estimate of drug-likeness (QED) is 0.716. The van der Waals surface area contributed by atoms with Crippen LogP contribution in [-0.2, 0) is 0 Å². The standard InChI is InChI=1S/C14H13N5O2/c1-9-8-13(21-18-9)16-14(20)11-6-7-19(17-11)12-5-3-2-4-10(12)15/h2-8H,15H2,1H3,(H,16,20). The third-order valence-electron chi connectivity index (χ3n) is 2.87. The van der Waals surface area contributed by atoms with Gasteiger partial charge in [0.15, 0.2) is 5.69 Å². The normalized spacial score (nSPS) is 10.5. The second kappa shape index (κ2) is 5.12. The molecule has 1 aromatic carbocycles. The molecule has 0 radical (unpaired) electrons. The van der Waals surface area contributed by atoms with Crippen LogP contribution in [0.5, 0.6) is 0 Å². The molecule has 0 atom stereocenters. The van der Waals surface area contributed by atoms with Gasteiger partial charge >= 0.3 is 0 Å². The monoisotopic (exact) mass is 283 g/mol. The molecular formula is C14H13N5O2. The molecule has 1 amide bonds. The van der Waals surface area contributed by atoms with Gasteiger partial charge in [0.25, 0.3) is 5.91 Å². The first kappa shape index (κ1) is 12.9. The lowest BCUT2D eigenvalue weighted by molar-refractivity contribution is 0.101. The Labute approximate surface area is 120 Å². The van der Waals surface area contributed by atoms with Gasteiger partial charge in [-0.3, -0.25) is 10.1 Å². The highest BCUT2D eigenvalue weighted by Gasteiger charge is 2.13. The van der Waals surface area contributed by atoms with Crippen molar-refractivity contribution in [3.8, 4) is 5.69 Å². The fourth-order valence-corrected chi connectivity index (χ4v) is 1.87. The topological polar surface area (TPSA) is 99.0 Å². The van der Waals surface area contributed by atoms with Gasteiger partial charge < -0.3 is 10.3 Å². The van der Waals surface area contributed by atoms with Crippen molar-refractivity contribution in [3.05, 3.63) is 54.0 Å². The van der Waals surface area contributed by atoms with Crippen LogP contribution < -0.4 is 11.1 Å². The van der Waals surface area contributed by atoms with Crippen molar-refractivity contribution in [2.24, 2.45) is 0 Å². The van der Waals surface area contributed by atoms with Gasteiger partial charge in [0, 0.05) is 12.3 Å². The van der Waals surface area contributed by atoms with Crippen molar-refractivity contribution in [1.29, 1.82) is 0 Å². The number of para-hydroxylation sites is 2. The van der Waals surface area contributed by atoms with Crippen LogP contribution in [0.4, 0.5) is 11.6 Å². The summed E-state index contributed by atoms with van der Waals surface area (Å²) in [5, 5.41) is 10.5. The summed E-state index contributed by atoms with van der Waals surface area (Å²) in [5.74, 6) is -0.0920. The zero-order valence-electron chi connectivity index (χ0n) is 11.3. The first-order valence-electron chi connectivity index (χ1n) is 6.29. The lowest BCUT2D eigenvalue weighted by atomic mass is 10.3. The Morgan fingerprint density at radius 2 is 2.14 bits per heavy atom. The third-order valence-corrected chi connectivity index (χ3v) is 2.87. The Morgan fingerprint density at radius 3 is 2.86 bits per heavy atom. The Balaban J connectivity index is 1.82. The minimum absolute atomic E-state index is 0.257. The molecule has 2 heterocycles. The molecule has 2 aromatic heterocycles. The van der Waals surface area contributed by atoms with Gasteiger partial charge in [-0.1, -0.05) is 17.3 Å². The van der Waals surface area contributed by atoms with Crippen LogP contribution in [0, 0.1) is 6.92 Å². The molecular weight excluding hydrogens is 270 g/mol. The molecule has 0 spiro atoms. The van der Waals surface area contributed by atoms with E-state index in [1.807, 2.05) is 18.2 Å². The highest BCUT2D eigenvalue weighted by atomic mass is 16.5. The minimum atomic E-state index is -0.376. The van der Waals surface area contributed by atoms with E-state index < -0.39 is 0 Å². The zero-order valence-corrected chi connectivity index (χ0v) is 11.3. The number of rotatable bonds is 3. The smallest absolute Gasteiger partial charge is 0.278 e. The second-order valence-corrected chi connectivity index (χ2v) is 4.49. The molecule has 106 valence electrons. The number of anilines is 2. The molecule has 0 aliphatic carbocycles. The predicted molar refractivity (Wildman–Crippen MR) is 77.2 cm³/mol. The maximum Gasteiger partial charge on any atom is 0.278 e. The van der Waals surface area contributed by atoms with E-state index in [0.29, 0.717) is 17.1 Å². The SMILES string of the molecule is Cc1cc(NC(=O)c2ccn(-c3ccccc3N)n2)on1. The average Bonchev–Trinajstić information content (AvgIpc) is 3.09. The van der Waals surface area contributed by atoms with E-state index in [1.54, 1.807) is 36.0 Å². The van der Waals surface area contributed by atoms with Crippen LogP contribution >= 0.6 is 0 Å². The summed E-state index contributed by atoms with van der Waals surface area (Å²) in [6.07, 6.45) is 1.67. The number of hydrogen-bond acceptors (Lipinski definition) is 5. The van der Waals surface area contributed by atoms with E-state index in [4.69, 9.17) is 10.3 Å². The number of nitrogens with two attached hydrogens (primary N) is 1. The first-order chi connectivity index (χ1) is 10.1. The summed E-state index contributed by atoms with van der Waals surface area (Å²) >= 11 is 0. The molecule has 0 unspecified atom stereocenters. The average molecular weight is 283 g/mol. The van der Waals surface area contributed by atoms with E-state index >= 15 is 0 Å². The van der Waals surface area contributed by atoms with Crippen molar-refractivity contribution in [2.75, 3.05) is 11.1 Å². The van der Waals surface area contributed by atoms with E-state index in [1.165, 1.54) is 0 Å². The van der Waals surface area contributed by atoms with E-state index in [9.17, 15) is 4.79 Å². The lowest BCUT2D eigenvalue weighted by Gasteiger charge is -2.04. The van der Waals surface area contributed by atoms with E-state index in [0.717, 1.165) is 0 Å². The number of carbonyl (C=O) groups is 1. The molecule has 0 aliphatic rings. The molecule has 0 bridgehead atoms. The number of aromatic nitrogens is 3. The largest absolute Gasteiger partial charge is 0.397 e. The number of amides is 1. The number of hydrogen-bond donors (Lipinski definition) is 2. The van der Waals surface area contributed by atoms with Crippen LogP contribution in [0.25, 0.3) is 5.69 Å². The van der Waals surface area contributed by atoms with Crippen molar-refractivity contribution in [2.45, 2.75) is 6.92 Å². The first-order valence-corrected chi connectivity index (χ1v) is 6.29. The van der Waals surface area contributed by atoms with Crippen molar-refractivity contribution < 1.29 is 9.32 Å². The van der Waals surface area contributed by atoms with E-state index in [2.05, 4.69) is 15.6 Å². The van der Waals surface area contributed by atoms with Gasteiger partial charge in [-0.05, 0) is 25.1 Å². The molecule has 21 heavy (non-hydrogen) atoms. The molecule has 3 aromatic rings. The maximum absolute atomic E-state index is 12.0. The highest BCUT2D eigenvalue weighted by molar-refractivity contribution is 6.02. The zero-order chi connectivity index (χ0) is 14.8. The summed E-state index contributed by atoms with van der Waals surface area (Å²) in [6.45, 7) is 1.77. The summed E-state index contributed by atoms with van der Waals surface area (Å²) in [6, 6.07) is 10.5.